The highest BCUT2D eigenvalue weighted by atomic mass is 19.1. The molecule has 1 N–H and O–H groups in total. The van der Waals surface area contributed by atoms with Crippen LogP contribution in [0.1, 0.15) is 20.7 Å². The van der Waals surface area contributed by atoms with Crippen molar-refractivity contribution in [1.82, 2.24) is 5.32 Å². The van der Waals surface area contributed by atoms with Crippen molar-refractivity contribution >= 4 is 17.7 Å². The predicted octanol–water partition coefficient (Wildman–Crippen LogP) is 2.26. The maximum absolute atomic E-state index is 13.4. The third-order valence-electron chi connectivity index (χ3n) is 3.10. The molecule has 2 aromatic carbocycles. The lowest BCUT2D eigenvalue weighted by Gasteiger charge is -2.07. The Kier molecular flexibility index (Phi) is 5.89. The second-order valence-corrected chi connectivity index (χ2v) is 4.87. The van der Waals surface area contributed by atoms with Gasteiger partial charge < -0.3 is 10.1 Å². The standard InChI is InChI=1S/C17H12F3NO4/c18-10-5-6-14(20)12(7-10)15(22)9-25-16(23)8-21-17(24)11-3-1-2-4-13(11)19/h1-7H,8-9H2,(H,21,24). The molecule has 1 amide bonds. The summed E-state index contributed by atoms with van der Waals surface area (Å²) in [6.45, 7) is -1.44. The van der Waals surface area contributed by atoms with Crippen molar-refractivity contribution in [2.45, 2.75) is 0 Å². The van der Waals surface area contributed by atoms with Crippen LogP contribution >= 0.6 is 0 Å². The average molecular weight is 351 g/mol. The molecular weight excluding hydrogens is 339 g/mol. The molecule has 0 radical (unpaired) electrons. The molecule has 0 aliphatic heterocycles. The fourth-order valence-electron chi connectivity index (χ4n) is 1.88. The van der Waals surface area contributed by atoms with Crippen molar-refractivity contribution in [2.75, 3.05) is 13.2 Å². The van der Waals surface area contributed by atoms with E-state index in [0.717, 1.165) is 18.2 Å². The SMILES string of the molecule is O=C(CNC(=O)c1ccccc1F)OCC(=O)c1cc(F)ccc1F. The number of halogens is 3. The van der Waals surface area contributed by atoms with E-state index in [-0.39, 0.29) is 5.56 Å². The van der Waals surface area contributed by atoms with Gasteiger partial charge in [0.15, 0.2) is 6.61 Å². The van der Waals surface area contributed by atoms with E-state index in [1.165, 1.54) is 18.2 Å². The number of nitrogens with one attached hydrogen (secondary N) is 1. The van der Waals surface area contributed by atoms with Crippen LogP contribution in [-0.4, -0.2) is 30.8 Å². The number of ether oxygens (including phenoxy) is 1. The maximum atomic E-state index is 13.4. The topological polar surface area (TPSA) is 72.5 Å². The fraction of sp³-hybridized carbons (Fsp3) is 0.118. The van der Waals surface area contributed by atoms with Crippen molar-refractivity contribution in [3.63, 3.8) is 0 Å². The largest absolute Gasteiger partial charge is 0.456 e. The molecule has 25 heavy (non-hydrogen) atoms. The van der Waals surface area contributed by atoms with Gasteiger partial charge in [0.1, 0.15) is 24.0 Å². The van der Waals surface area contributed by atoms with Crippen LogP contribution in [0.2, 0.25) is 0 Å². The Hall–Kier alpha value is -3.16. The van der Waals surface area contributed by atoms with Gasteiger partial charge in [-0.3, -0.25) is 14.4 Å². The quantitative estimate of drug-likeness (QED) is 0.640. The minimum atomic E-state index is -0.991. The summed E-state index contributed by atoms with van der Waals surface area (Å²) in [6.07, 6.45) is 0. The first-order chi connectivity index (χ1) is 11.9. The zero-order valence-electron chi connectivity index (χ0n) is 12.7. The Balaban J connectivity index is 1.85. The molecule has 2 aromatic rings. The van der Waals surface area contributed by atoms with Crippen LogP contribution in [0.15, 0.2) is 42.5 Å². The molecule has 2 rings (SSSR count). The lowest BCUT2D eigenvalue weighted by Crippen LogP contribution is -2.32. The van der Waals surface area contributed by atoms with Gasteiger partial charge in [-0.2, -0.15) is 0 Å². The molecule has 0 atom stereocenters. The molecule has 0 bridgehead atoms. The van der Waals surface area contributed by atoms with Gasteiger partial charge in [-0.05, 0) is 30.3 Å². The number of hydrogen-bond donors (Lipinski definition) is 1. The Labute approximate surface area is 140 Å². The third-order valence-corrected chi connectivity index (χ3v) is 3.10. The van der Waals surface area contributed by atoms with E-state index in [9.17, 15) is 27.6 Å². The van der Waals surface area contributed by atoms with Crippen LogP contribution < -0.4 is 5.32 Å². The molecule has 0 fully saturated rings. The maximum Gasteiger partial charge on any atom is 0.325 e. The first kappa shape index (κ1) is 18.2. The molecule has 0 aromatic heterocycles. The van der Waals surface area contributed by atoms with E-state index in [4.69, 9.17) is 0 Å². The number of amides is 1. The molecule has 0 aliphatic rings. The van der Waals surface area contributed by atoms with E-state index >= 15 is 0 Å². The van der Waals surface area contributed by atoms with Crippen LogP contribution in [0.3, 0.4) is 0 Å². The van der Waals surface area contributed by atoms with Crippen LogP contribution in [0.4, 0.5) is 13.2 Å². The van der Waals surface area contributed by atoms with E-state index in [1.54, 1.807) is 0 Å². The zero-order chi connectivity index (χ0) is 18.4. The molecule has 0 unspecified atom stereocenters. The molecule has 130 valence electrons. The highest BCUT2D eigenvalue weighted by Gasteiger charge is 2.16. The molecular formula is C17H12F3NO4. The first-order valence-corrected chi connectivity index (χ1v) is 7.05. The summed E-state index contributed by atoms with van der Waals surface area (Å²) in [7, 11) is 0. The summed E-state index contributed by atoms with van der Waals surface area (Å²) in [6, 6.07) is 7.46. The number of rotatable bonds is 6. The van der Waals surface area contributed by atoms with Gasteiger partial charge in [-0.15, -0.1) is 0 Å². The number of hydrogen-bond acceptors (Lipinski definition) is 4. The first-order valence-electron chi connectivity index (χ1n) is 7.05. The number of benzene rings is 2. The Morgan fingerprint density at radius 2 is 1.60 bits per heavy atom. The van der Waals surface area contributed by atoms with Crippen molar-refractivity contribution in [3.05, 3.63) is 71.0 Å². The molecule has 0 spiro atoms. The average Bonchev–Trinajstić information content (AvgIpc) is 2.60. The van der Waals surface area contributed by atoms with Crippen molar-refractivity contribution in [1.29, 1.82) is 0 Å². The van der Waals surface area contributed by atoms with E-state index in [0.29, 0.717) is 6.07 Å². The molecule has 0 aliphatic carbocycles. The van der Waals surface area contributed by atoms with Crippen LogP contribution in [-0.2, 0) is 9.53 Å². The van der Waals surface area contributed by atoms with E-state index in [2.05, 4.69) is 10.1 Å². The van der Waals surface area contributed by atoms with E-state index in [1.807, 2.05) is 0 Å². The van der Waals surface area contributed by atoms with Crippen LogP contribution in [0.25, 0.3) is 0 Å². The van der Waals surface area contributed by atoms with Gasteiger partial charge in [-0.1, -0.05) is 12.1 Å². The molecule has 0 heterocycles. The summed E-state index contributed by atoms with van der Waals surface area (Å²) < 4.78 is 44.4. The zero-order valence-corrected chi connectivity index (χ0v) is 12.7. The summed E-state index contributed by atoms with van der Waals surface area (Å²) in [4.78, 5) is 34.9. The van der Waals surface area contributed by atoms with Crippen molar-refractivity contribution in [2.24, 2.45) is 0 Å². The minimum absolute atomic E-state index is 0.256. The van der Waals surface area contributed by atoms with Crippen molar-refractivity contribution < 1.29 is 32.3 Å². The summed E-state index contributed by atoms with van der Waals surface area (Å²) in [5.41, 5.74) is -0.809. The smallest absolute Gasteiger partial charge is 0.325 e. The monoisotopic (exact) mass is 351 g/mol. The highest BCUT2D eigenvalue weighted by Crippen LogP contribution is 2.10. The lowest BCUT2D eigenvalue weighted by molar-refractivity contribution is -0.141. The third kappa shape index (κ3) is 4.90. The van der Waals surface area contributed by atoms with Gasteiger partial charge in [-0.25, -0.2) is 13.2 Å². The summed E-state index contributed by atoms with van der Waals surface area (Å²) in [5, 5.41) is 2.12. The number of Topliss-reactive ketones (excluding diaryl/α,β-unsaturated/α-hetero) is 1. The van der Waals surface area contributed by atoms with E-state index < -0.39 is 53.8 Å². The van der Waals surface area contributed by atoms with Crippen LogP contribution in [0.5, 0.6) is 0 Å². The number of ketones is 1. The summed E-state index contributed by atoms with van der Waals surface area (Å²) in [5.74, 6) is -5.29. The Morgan fingerprint density at radius 3 is 2.32 bits per heavy atom. The lowest BCUT2D eigenvalue weighted by atomic mass is 10.1. The van der Waals surface area contributed by atoms with Crippen molar-refractivity contribution in [3.8, 4) is 0 Å². The predicted molar refractivity (Wildman–Crippen MR) is 80.4 cm³/mol. The van der Waals surface area contributed by atoms with Gasteiger partial charge in [0.25, 0.3) is 5.91 Å². The van der Waals surface area contributed by atoms with Gasteiger partial charge >= 0.3 is 5.97 Å². The molecule has 5 nitrogen and oxygen atoms in total. The molecule has 0 saturated heterocycles. The fourth-order valence-corrected chi connectivity index (χ4v) is 1.88. The minimum Gasteiger partial charge on any atom is -0.456 e. The Morgan fingerprint density at radius 1 is 0.920 bits per heavy atom. The van der Waals surface area contributed by atoms with Crippen LogP contribution in [0, 0.1) is 17.5 Å². The Bertz CT molecular complexity index is 823. The number of carbonyl (C=O) groups is 3. The normalized spacial score (nSPS) is 10.2. The number of carbonyl (C=O) groups excluding carboxylic acids is 3. The highest BCUT2D eigenvalue weighted by molar-refractivity contribution is 5.99. The number of esters is 1. The van der Waals surface area contributed by atoms with Gasteiger partial charge in [0.05, 0.1) is 11.1 Å². The van der Waals surface area contributed by atoms with Gasteiger partial charge in [0.2, 0.25) is 5.78 Å². The molecule has 0 saturated carbocycles. The second-order valence-electron chi connectivity index (χ2n) is 4.87. The molecule has 8 heteroatoms. The second kappa shape index (κ2) is 8.09. The summed E-state index contributed by atoms with van der Waals surface area (Å²) >= 11 is 0. The van der Waals surface area contributed by atoms with Gasteiger partial charge in [0, 0.05) is 0 Å².